The normalized spacial score (nSPS) is 10.8. The Morgan fingerprint density at radius 1 is 1.19 bits per heavy atom. The molecule has 0 aliphatic rings. The van der Waals surface area contributed by atoms with E-state index in [4.69, 9.17) is 14.2 Å². The van der Waals surface area contributed by atoms with Crippen LogP contribution in [0, 0.1) is 0 Å². The predicted molar refractivity (Wildman–Crippen MR) is 77.4 cm³/mol. The Morgan fingerprint density at radius 3 is 2.43 bits per heavy atom. The van der Waals surface area contributed by atoms with Crippen molar-refractivity contribution >= 4 is 11.9 Å². The zero-order valence-electron chi connectivity index (χ0n) is 12.6. The van der Waals surface area contributed by atoms with Crippen LogP contribution >= 0.6 is 0 Å². The second-order valence-electron chi connectivity index (χ2n) is 4.10. The Hall–Kier alpha value is -2.50. The van der Waals surface area contributed by atoms with Gasteiger partial charge in [0.05, 0.1) is 20.8 Å². The maximum absolute atomic E-state index is 12.1. The van der Waals surface area contributed by atoms with E-state index >= 15 is 0 Å². The molecule has 6 nitrogen and oxygen atoms in total. The summed E-state index contributed by atoms with van der Waals surface area (Å²) in [6, 6.07) is 4.80. The molecule has 0 unspecified atom stereocenters. The molecule has 1 aromatic rings. The third-order valence-electron chi connectivity index (χ3n) is 2.58. The monoisotopic (exact) mass is 293 g/mol. The molecular formula is C15H19NO5. The summed E-state index contributed by atoms with van der Waals surface area (Å²) in [6.07, 6.45) is 1.22. The van der Waals surface area contributed by atoms with Gasteiger partial charge in [0.1, 0.15) is 0 Å². The highest BCUT2D eigenvalue weighted by Gasteiger charge is 2.11. The number of amides is 1. The minimum atomic E-state index is -0.498. The van der Waals surface area contributed by atoms with Gasteiger partial charge >= 0.3 is 5.97 Å². The van der Waals surface area contributed by atoms with Crippen molar-refractivity contribution in [1.82, 2.24) is 5.32 Å². The van der Waals surface area contributed by atoms with E-state index in [1.54, 1.807) is 32.0 Å². The van der Waals surface area contributed by atoms with Gasteiger partial charge in [0.2, 0.25) is 0 Å². The van der Waals surface area contributed by atoms with Crippen molar-refractivity contribution in [3.8, 4) is 11.5 Å². The second-order valence-corrected chi connectivity index (χ2v) is 4.10. The lowest BCUT2D eigenvalue weighted by Crippen LogP contribution is -2.22. The van der Waals surface area contributed by atoms with Crippen molar-refractivity contribution in [3.63, 3.8) is 0 Å². The van der Waals surface area contributed by atoms with Crippen molar-refractivity contribution < 1.29 is 23.8 Å². The average Bonchev–Trinajstić information content (AvgIpc) is 2.46. The predicted octanol–water partition coefficient (Wildman–Crippen LogP) is 1.90. The number of hydrogen-bond acceptors (Lipinski definition) is 5. The zero-order valence-corrected chi connectivity index (χ0v) is 12.6. The fourth-order valence-electron chi connectivity index (χ4n) is 1.63. The molecule has 0 aliphatic carbocycles. The number of nitrogens with one attached hydrogen (secondary N) is 1. The van der Waals surface area contributed by atoms with Gasteiger partial charge in [-0.3, -0.25) is 4.79 Å². The largest absolute Gasteiger partial charge is 0.493 e. The molecule has 0 spiro atoms. The van der Waals surface area contributed by atoms with Crippen molar-refractivity contribution in [1.29, 1.82) is 0 Å². The molecule has 0 heterocycles. The quantitative estimate of drug-likeness (QED) is 0.640. The summed E-state index contributed by atoms with van der Waals surface area (Å²) >= 11 is 0. The Morgan fingerprint density at radius 2 is 1.86 bits per heavy atom. The Kier molecular flexibility index (Phi) is 6.26. The molecule has 0 fully saturated rings. The summed E-state index contributed by atoms with van der Waals surface area (Å²) in [5, 5.41) is 2.60. The number of rotatable bonds is 6. The van der Waals surface area contributed by atoms with Gasteiger partial charge in [-0.05, 0) is 32.0 Å². The molecule has 0 bridgehead atoms. The van der Waals surface area contributed by atoms with E-state index in [1.807, 2.05) is 0 Å². The van der Waals surface area contributed by atoms with E-state index in [0.29, 0.717) is 22.8 Å². The van der Waals surface area contributed by atoms with Crippen LogP contribution in [0.4, 0.5) is 0 Å². The summed E-state index contributed by atoms with van der Waals surface area (Å²) in [5.74, 6) is 0.140. The van der Waals surface area contributed by atoms with E-state index in [0.717, 1.165) is 0 Å². The summed E-state index contributed by atoms with van der Waals surface area (Å²) in [6.45, 7) is 3.60. The molecular weight excluding hydrogens is 274 g/mol. The number of esters is 1. The van der Waals surface area contributed by atoms with Gasteiger partial charge in [-0.15, -0.1) is 0 Å². The summed E-state index contributed by atoms with van der Waals surface area (Å²) in [7, 11) is 3.01. The van der Waals surface area contributed by atoms with Gasteiger partial charge in [0.25, 0.3) is 5.91 Å². The highest BCUT2D eigenvalue weighted by atomic mass is 16.5. The molecule has 1 amide bonds. The number of carbonyl (C=O) groups excluding carboxylic acids is 2. The van der Waals surface area contributed by atoms with Crippen LogP contribution in [0.1, 0.15) is 24.2 Å². The number of benzene rings is 1. The van der Waals surface area contributed by atoms with E-state index in [9.17, 15) is 9.59 Å². The molecule has 0 aromatic heterocycles. The van der Waals surface area contributed by atoms with Gasteiger partial charge < -0.3 is 19.5 Å². The van der Waals surface area contributed by atoms with E-state index in [1.165, 1.54) is 20.3 Å². The molecule has 114 valence electrons. The topological polar surface area (TPSA) is 73.9 Å². The Balaban J connectivity index is 2.82. The van der Waals surface area contributed by atoms with E-state index < -0.39 is 5.97 Å². The fourth-order valence-corrected chi connectivity index (χ4v) is 1.63. The molecule has 0 saturated heterocycles. The average molecular weight is 293 g/mol. The second kappa shape index (κ2) is 7.94. The number of allylic oxidation sites excluding steroid dienone is 1. The van der Waals surface area contributed by atoms with Crippen molar-refractivity contribution in [3.05, 3.63) is 35.5 Å². The first-order valence-electron chi connectivity index (χ1n) is 6.40. The van der Waals surface area contributed by atoms with Crippen LogP contribution in [0.25, 0.3) is 0 Å². The first-order chi connectivity index (χ1) is 10.0. The van der Waals surface area contributed by atoms with Crippen LogP contribution in [-0.2, 0) is 9.53 Å². The van der Waals surface area contributed by atoms with Gasteiger partial charge in [-0.2, -0.15) is 0 Å². The van der Waals surface area contributed by atoms with Crippen LogP contribution in [0.3, 0.4) is 0 Å². The molecule has 0 aliphatic heterocycles. The minimum Gasteiger partial charge on any atom is -0.493 e. The smallest absolute Gasteiger partial charge is 0.332 e. The Labute approximate surface area is 123 Å². The van der Waals surface area contributed by atoms with Crippen LogP contribution in [0.15, 0.2) is 30.0 Å². The van der Waals surface area contributed by atoms with Crippen LogP contribution in [0.2, 0.25) is 0 Å². The molecule has 1 N–H and O–H groups in total. The molecule has 1 aromatic carbocycles. The summed E-state index contributed by atoms with van der Waals surface area (Å²) in [5.41, 5.74) is 0.789. The standard InChI is InChI=1S/C15H19NO5/c1-5-21-14(17)8-10(2)16-15(18)11-6-7-12(19-3)13(9-11)20-4/h6-9H,5H2,1-4H3,(H,16,18). The first-order valence-corrected chi connectivity index (χ1v) is 6.40. The maximum Gasteiger partial charge on any atom is 0.332 e. The summed E-state index contributed by atoms with van der Waals surface area (Å²) < 4.78 is 15.0. The lowest BCUT2D eigenvalue weighted by atomic mass is 10.2. The lowest BCUT2D eigenvalue weighted by molar-refractivity contribution is -0.137. The number of ether oxygens (including phenoxy) is 3. The van der Waals surface area contributed by atoms with Crippen molar-refractivity contribution in [2.24, 2.45) is 0 Å². The van der Waals surface area contributed by atoms with Crippen LogP contribution in [-0.4, -0.2) is 32.7 Å². The van der Waals surface area contributed by atoms with E-state index in [2.05, 4.69) is 5.32 Å². The molecule has 6 heteroatoms. The number of carbonyl (C=O) groups is 2. The molecule has 0 atom stereocenters. The SMILES string of the molecule is CCOC(=O)C=C(C)NC(=O)c1ccc(OC)c(OC)c1. The molecule has 0 radical (unpaired) electrons. The van der Waals surface area contributed by atoms with Crippen molar-refractivity contribution in [2.75, 3.05) is 20.8 Å². The molecule has 1 rings (SSSR count). The summed E-state index contributed by atoms with van der Waals surface area (Å²) in [4.78, 5) is 23.3. The van der Waals surface area contributed by atoms with Crippen LogP contribution in [0.5, 0.6) is 11.5 Å². The number of methoxy groups -OCH3 is 2. The molecule has 0 saturated carbocycles. The van der Waals surface area contributed by atoms with Gasteiger partial charge in [-0.25, -0.2) is 4.79 Å². The maximum atomic E-state index is 12.1. The zero-order chi connectivity index (χ0) is 15.8. The Bertz CT molecular complexity index is 551. The highest BCUT2D eigenvalue weighted by molar-refractivity contribution is 5.96. The highest BCUT2D eigenvalue weighted by Crippen LogP contribution is 2.27. The van der Waals surface area contributed by atoms with E-state index in [-0.39, 0.29) is 12.5 Å². The number of hydrogen-bond donors (Lipinski definition) is 1. The third kappa shape index (κ3) is 4.83. The first kappa shape index (κ1) is 16.6. The van der Waals surface area contributed by atoms with Crippen LogP contribution < -0.4 is 14.8 Å². The van der Waals surface area contributed by atoms with Crippen molar-refractivity contribution in [2.45, 2.75) is 13.8 Å². The molecule has 21 heavy (non-hydrogen) atoms. The third-order valence-corrected chi connectivity index (χ3v) is 2.58. The lowest BCUT2D eigenvalue weighted by Gasteiger charge is -2.10. The van der Waals surface area contributed by atoms with Gasteiger partial charge in [0, 0.05) is 17.3 Å². The fraction of sp³-hybridized carbons (Fsp3) is 0.333. The van der Waals surface area contributed by atoms with Gasteiger partial charge in [-0.1, -0.05) is 0 Å². The minimum absolute atomic E-state index is 0.284. The van der Waals surface area contributed by atoms with Gasteiger partial charge in [0.15, 0.2) is 11.5 Å².